The van der Waals surface area contributed by atoms with Crippen LogP contribution in [0.25, 0.3) is 0 Å². The molecule has 0 aromatic rings. The van der Waals surface area contributed by atoms with Crippen molar-refractivity contribution in [1.29, 1.82) is 0 Å². The molecule has 2 aliphatic heterocycles. The molecule has 1 N–H and O–H groups in total. The third-order valence-electron chi connectivity index (χ3n) is 4.42. The summed E-state index contributed by atoms with van der Waals surface area (Å²) in [5, 5.41) is 3.23. The van der Waals surface area contributed by atoms with E-state index < -0.39 is 17.8 Å². The van der Waals surface area contributed by atoms with Gasteiger partial charge in [-0.1, -0.05) is 0 Å². The third kappa shape index (κ3) is 2.32. The molecule has 1 saturated carbocycles. The number of halogens is 3. The van der Waals surface area contributed by atoms with Gasteiger partial charge in [-0.05, 0) is 44.7 Å². The van der Waals surface area contributed by atoms with Gasteiger partial charge in [-0.3, -0.25) is 0 Å². The third-order valence-corrected chi connectivity index (χ3v) is 4.42. The van der Waals surface area contributed by atoms with E-state index in [-0.39, 0.29) is 24.4 Å². The molecule has 17 heavy (non-hydrogen) atoms. The zero-order chi connectivity index (χ0) is 11.2. The number of nitrogens with one attached hydrogen (secondary N) is 1. The van der Waals surface area contributed by atoms with Gasteiger partial charge in [0.2, 0.25) is 0 Å². The Bertz CT molecular complexity index is 265. The summed E-state index contributed by atoms with van der Waals surface area (Å²) >= 11 is 0. The molecule has 2 heterocycles. The second-order valence-electron chi connectivity index (χ2n) is 5.36. The molecule has 5 heteroatoms. The van der Waals surface area contributed by atoms with Crippen molar-refractivity contribution < 1.29 is 13.5 Å². The molecule has 3 fully saturated rings. The van der Waals surface area contributed by atoms with Crippen LogP contribution in [0.15, 0.2) is 0 Å². The van der Waals surface area contributed by atoms with Crippen molar-refractivity contribution in [3.05, 3.63) is 0 Å². The van der Waals surface area contributed by atoms with Crippen LogP contribution in [0.2, 0.25) is 0 Å². The Balaban J connectivity index is 0.00000108. The first kappa shape index (κ1) is 13.5. The highest BCUT2D eigenvalue weighted by molar-refractivity contribution is 5.85. The maximum Gasteiger partial charge on any atom is 0.257 e. The summed E-state index contributed by atoms with van der Waals surface area (Å²) in [4.78, 5) is 0. The van der Waals surface area contributed by atoms with Gasteiger partial charge in [0.15, 0.2) is 0 Å². The van der Waals surface area contributed by atoms with Gasteiger partial charge in [0.25, 0.3) is 5.92 Å². The Morgan fingerprint density at radius 3 is 2.35 bits per heavy atom. The monoisotopic (exact) mass is 267 g/mol. The van der Waals surface area contributed by atoms with E-state index in [0.29, 0.717) is 6.61 Å². The number of hydrogen-bond acceptors (Lipinski definition) is 2. The molecule has 2 saturated heterocycles. The minimum atomic E-state index is -2.45. The molecule has 3 unspecified atom stereocenters. The van der Waals surface area contributed by atoms with Crippen LogP contribution in [0.4, 0.5) is 8.78 Å². The number of rotatable bonds is 2. The molecule has 0 amide bonds. The second kappa shape index (κ2) is 4.98. The van der Waals surface area contributed by atoms with Gasteiger partial charge in [0, 0.05) is 12.5 Å². The van der Waals surface area contributed by atoms with Crippen molar-refractivity contribution in [2.45, 2.75) is 37.7 Å². The van der Waals surface area contributed by atoms with Crippen molar-refractivity contribution in [2.75, 3.05) is 19.7 Å². The zero-order valence-electron chi connectivity index (χ0n) is 9.83. The lowest BCUT2D eigenvalue weighted by atomic mass is 9.90. The van der Waals surface area contributed by atoms with Gasteiger partial charge in [-0.25, -0.2) is 8.78 Å². The van der Waals surface area contributed by atoms with E-state index in [1.165, 1.54) is 0 Å². The number of piperidine rings is 1. The van der Waals surface area contributed by atoms with Crippen LogP contribution >= 0.6 is 12.4 Å². The van der Waals surface area contributed by atoms with Gasteiger partial charge in [-0.15, -0.1) is 12.4 Å². The van der Waals surface area contributed by atoms with Crippen LogP contribution in [-0.2, 0) is 4.74 Å². The van der Waals surface area contributed by atoms with Crippen LogP contribution in [-0.4, -0.2) is 31.7 Å². The average Bonchev–Trinajstić information content (AvgIpc) is 2.70. The molecule has 3 atom stereocenters. The summed E-state index contributed by atoms with van der Waals surface area (Å²) in [5.74, 6) is -3.10. The Labute approximate surface area is 107 Å². The maximum atomic E-state index is 13.8. The molecule has 0 spiro atoms. The summed E-state index contributed by atoms with van der Waals surface area (Å²) in [6, 6.07) is 0. The lowest BCUT2D eigenvalue weighted by Crippen LogP contribution is -2.30. The fourth-order valence-electron chi connectivity index (χ4n) is 3.55. The zero-order valence-corrected chi connectivity index (χ0v) is 10.6. The lowest BCUT2D eigenvalue weighted by molar-refractivity contribution is 0.0277. The molecule has 2 nitrogen and oxygen atoms in total. The van der Waals surface area contributed by atoms with E-state index in [1.807, 2.05) is 0 Å². The Hall–Kier alpha value is 0.0700. The summed E-state index contributed by atoms with van der Waals surface area (Å²) in [7, 11) is 0. The van der Waals surface area contributed by atoms with Crippen molar-refractivity contribution in [2.24, 2.45) is 17.8 Å². The fourth-order valence-corrected chi connectivity index (χ4v) is 3.55. The van der Waals surface area contributed by atoms with Gasteiger partial charge in [-0.2, -0.15) is 0 Å². The normalized spacial score (nSPS) is 40.9. The smallest absolute Gasteiger partial charge is 0.257 e. The van der Waals surface area contributed by atoms with Crippen LogP contribution in [0.1, 0.15) is 25.7 Å². The van der Waals surface area contributed by atoms with E-state index in [2.05, 4.69) is 5.32 Å². The lowest BCUT2D eigenvalue weighted by Gasteiger charge is -2.22. The topological polar surface area (TPSA) is 21.3 Å². The molecule has 0 aromatic carbocycles. The van der Waals surface area contributed by atoms with Crippen LogP contribution in [0.3, 0.4) is 0 Å². The van der Waals surface area contributed by atoms with E-state index in [1.54, 1.807) is 0 Å². The molecule has 3 aliphatic rings. The first-order valence-electron chi connectivity index (χ1n) is 6.41. The van der Waals surface area contributed by atoms with Crippen LogP contribution in [0, 0.1) is 17.8 Å². The van der Waals surface area contributed by atoms with E-state index in [9.17, 15) is 8.78 Å². The number of ether oxygens (including phenoxy) is 1. The molecule has 0 bridgehead atoms. The average molecular weight is 268 g/mol. The number of alkyl halides is 2. The largest absolute Gasteiger partial charge is 0.378 e. The molecular formula is C12H20ClF2NO. The van der Waals surface area contributed by atoms with E-state index in [4.69, 9.17) is 4.74 Å². The second-order valence-corrected chi connectivity index (χ2v) is 5.36. The van der Waals surface area contributed by atoms with Gasteiger partial charge < -0.3 is 10.1 Å². The molecule has 3 rings (SSSR count). The van der Waals surface area contributed by atoms with E-state index >= 15 is 0 Å². The maximum absolute atomic E-state index is 13.8. The van der Waals surface area contributed by atoms with Gasteiger partial charge in [0.05, 0.1) is 12.0 Å². The minimum Gasteiger partial charge on any atom is -0.378 e. The first-order valence-corrected chi connectivity index (χ1v) is 6.41. The molecular weight excluding hydrogens is 248 g/mol. The minimum absolute atomic E-state index is 0. The Kier molecular flexibility index (Phi) is 3.96. The number of hydrogen-bond donors (Lipinski definition) is 1. The molecule has 0 radical (unpaired) electrons. The van der Waals surface area contributed by atoms with Crippen molar-refractivity contribution >= 4 is 12.4 Å². The summed E-state index contributed by atoms with van der Waals surface area (Å²) in [6.07, 6.45) is 3.44. The highest BCUT2D eigenvalue weighted by Crippen LogP contribution is 2.63. The van der Waals surface area contributed by atoms with Crippen LogP contribution < -0.4 is 5.32 Å². The first-order chi connectivity index (χ1) is 7.71. The Morgan fingerprint density at radius 2 is 1.76 bits per heavy atom. The fraction of sp³-hybridized carbons (Fsp3) is 1.00. The van der Waals surface area contributed by atoms with Gasteiger partial charge >= 0.3 is 0 Å². The Morgan fingerprint density at radius 1 is 1.06 bits per heavy atom. The summed E-state index contributed by atoms with van der Waals surface area (Å²) in [5.41, 5.74) is 0. The van der Waals surface area contributed by atoms with Crippen molar-refractivity contribution in [3.63, 3.8) is 0 Å². The van der Waals surface area contributed by atoms with Gasteiger partial charge in [0.1, 0.15) is 0 Å². The highest BCUT2D eigenvalue weighted by Gasteiger charge is 2.72. The predicted octanol–water partition coefficient (Wildman–Crippen LogP) is 2.47. The van der Waals surface area contributed by atoms with Crippen LogP contribution in [0.5, 0.6) is 0 Å². The quantitative estimate of drug-likeness (QED) is 0.830. The predicted molar refractivity (Wildman–Crippen MR) is 63.7 cm³/mol. The SMILES string of the molecule is Cl.FC1(F)C(C2CCNCC2)C1C1CCCO1. The highest BCUT2D eigenvalue weighted by atomic mass is 35.5. The van der Waals surface area contributed by atoms with Crippen molar-refractivity contribution in [1.82, 2.24) is 5.32 Å². The molecule has 0 aromatic heterocycles. The standard InChI is InChI=1S/C12H19F2NO.ClH/c13-12(14)10(8-3-5-15-6-4-8)11(12)9-2-1-7-16-9;/h8-11,15H,1-7H2;1H. The summed E-state index contributed by atoms with van der Waals surface area (Å²) < 4.78 is 33.0. The van der Waals surface area contributed by atoms with E-state index in [0.717, 1.165) is 38.8 Å². The molecule has 1 aliphatic carbocycles. The molecule has 100 valence electrons. The summed E-state index contributed by atoms with van der Waals surface area (Å²) in [6.45, 7) is 2.47. The van der Waals surface area contributed by atoms with Crippen molar-refractivity contribution in [3.8, 4) is 0 Å².